The van der Waals surface area contributed by atoms with Gasteiger partial charge in [0.1, 0.15) is 0 Å². The van der Waals surface area contributed by atoms with E-state index in [1.54, 1.807) is 6.07 Å². The van der Waals surface area contributed by atoms with Gasteiger partial charge in [-0.15, -0.1) is 10.2 Å². The first-order valence-corrected chi connectivity index (χ1v) is 8.73. The van der Waals surface area contributed by atoms with Gasteiger partial charge in [0.25, 0.3) is 0 Å². The second kappa shape index (κ2) is 9.05. The van der Waals surface area contributed by atoms with Crippen molar-refractivity contribution in [1.29, 1.82) is 0 Å². The van der Waals surface area contributed by atoms with Crippen molar-refractivity contribution in [3.05, 3.63) is 59.9 Å². The van der Waals surface area contributed by atoms with E-state index in [0.29, 0.717) is 18.6 Å². The minimum atomic E-state index is -1.00. The summed E-state index contributed by atoms with van der Waals surface area (Å²) in [6.07, 6.45) is 0.467. The quantitative estimate of drug-likeness (QED) is 0.578. The lowest BCUT2D eigenvalue weighted by atomic mass is 10.2. The van der Waals surface area contributed by atoms with Crippen molar-refractivity contribution in [1.82, 2.24) is 20.2 Å². The molecular formula is C19H20FN5O3. The molecule has 1 atom stereocenters. The highest BCUT2D eigenvalue weighted by Crippen LogP contribution is 2.23. The summed E-state index contributed by atoms with van der Waals surface area (Å²) in [6.45, 7) is 0.457. The number of carboxylic acids is 1. The summed E-state index contributed by atoms with van der Waals surface area (Å²) >= 11 is 0. The van der Waals surface area contributed by atoms with Gasteiger partial charge in [0.05, 0.1) is 19.6 Å². The monoisotopic (exact) mass is 385 g/mol. The first-order valence-electron chi connectivity index (χ1n) is 8.73. The van der Waals surface area contributed by atoms with E-state index in [4.69, 9.17) is 15.6 Å². The van der Waals surface area contributed by atoms with E-state index in [1.807, 2.05) is 30.3 Å². The van der Waals surface area contributed by atoms with Crippen molar-refractivity contribution in [3.8, 4) is 17.1 Å². The van der Waals surface area contributed by atoms with E-state index >= 15 is 0 Å². The van der Waals surface area contributed by atoms with Crippen LogP contribution in [-0.4, -0.2) is 43.9 Å². The fourth-order valence-corrected chi connectivity index (χ4v) is 2.62. The van der Waals surface area contributed by atoms with Gasteiger partial charge in [0.15, 0.2) is 11.6 Å². The molecule has 1 heterocycles. The molecule has 0 aliphatic rings. The van der Waals surface area contributed by atoms with Crippen LogP contribution in [0.4, 0.5) is 4.39 Å². The first-order chi connectivity index (χ1) is 13.5. The lowest BCUT2D eigenvalue weighted by Gasteiger charge is -2.08. The molecule has 0 saturated carbocycles. The van der Waals surface area contributed by atoms with Crippen LogP contribution in [0.5, 0.6) is 5.75 Å². The number of carboxylic acid groups (broad SMARTS) is 1. The summed E-state index contributed by atoms with van der Waals surface area (Å²) in [5.41, 5.74) is 7.25. The molecule has 8 nitrogen and oxygen atoms in total. The summed E-state index contributed by atoms with van der Waals surface area (Å²) in [5.74, 6) is -1.16. The van der Waals surface area contributed by atoms with Gasteiger partial charge in [-0.1, -0.05) is 30.3 Å². The third-order valence-corrected chi connectivity index (χ3v) is 3.97. The van der Waals surface area contributed by atoms with Gasteiger partial charge < -0.3 is 15.6 Å². The van der Waals surface area contributed by atoms with Gasteiger partial charge >= 0.3 is 5.97 Å². The normalized spacial score (nSPS) is 11.9. The average Bonchev–Trinajstić information content (AvgIpc) is 3.11. The molecule has 9 heteroatoms. The van der Waals surface area contributed by atoms with Crippen LogP contribution in [0.1, 0.15) is 12.0 Å². The molecule has 0 radical (unpaired) electrons. The smallest absolute Gasteiger partial charge is 0.304 e. The number of rotatable bonds is 9. The predicted molar refractivity (Wildman–Crippen MR) is 99.1 cm³/mol. The average molecular weight is 385 g/mol. The second-order valence-electron chi connectivity index (χ2n) is 6.26. The van der Waals surface area contributed by atoms with Gasteiger partial charge in [0, 0.05) is 18.0 Å². The maximum absolute atomic E-state index is 14.3. The Bertz CT molecular complexity index is 932. The van der Waals surface area contributed by atoms with Crippen LogP contribution < -0.4 is 10.5 Å². The standard InChI is InChI=1S/C19H20FN5O3/c20-16-10-14(19-22-24-25(23-19)12-15(21)11-18(26)27)6-7-17(16)28-9-8-13-4-2-1-3-5-13/h1-7,10,15H,8-9,11-12,21H2,(H,26,27). The SMILES string of the molecule is NC(CC(=O)O)Cn1nnc(-c2ccc(OCCc3ccccc3)c(F)c2)n1. The van der Waals surface area contributed by atoms with Crippen molar-refractivity contribution in [2.75, 3.05) is 6.61 Å². The molecule has 0 aliphatic carbocycles. The third-order valence-electron chi connectivity index (χ3n) is 3.97. The molecule has 0 saturated heterocycles. The van der Waals surface area contributed by atoms with Crippen molar-refractivity contribution in [2.24, 2.45) is 5.73 Å². The molecule has 0 spiro atoms. The predicted octanol–water partition coefficient (Wildman–Crippen LogP) is 1.90. The van der Waals surface area contributed by atoms with Crippen molar-refractivity contribution in [2.45, 2.75) is 25.4 Å². The van der Waals surface area contributed by atoms with Crippen LogP contribution in [0.15, 0.2) is 48.5 Å². The van der Waals surface area contributed by atoms with Gasteiger partial charge in [0.2, 0.25) is 5.82 Å². The zero-order valence-corrected chi connectivity index (χ0v) is 15.0. The van der Waals surface area contributed by atoms with E-state index in [0.717, 1.165) is 5.56 Å². The maximum atomic E-state index is 14.3. The number of nitrogens with two attached hydrogens (primary N) is 1. The third kappa shape index (κ3) is 5.34. The number of aliphatic carboxylic acids is 1. The zero-order chi connectivity index (χ0) is 19.9. The van der Waals surface area contributed by atoms with Crippen molar-refractivity contribution < 1.29 is 19.0 Å². The molecule has 1 unspecified atom stereocenters. The van der Waals surface area contributed by atoms with Gasteiger partial charge in [-0.05, 0) is 29.0 Å². The maximum Gasteiger partial charge on any atom is 0.304 e. The molecule has 1 aromatic heterocycles. The summed E-state index contributed by atoms with van der Waals surface area (Å²) in [5, 5.41) is 20.5. The number of hydrogen-bond acceptors (Lipinski definition) is 6. The molecule has 3 rings (SSSR count). The molecule has 0 fully saturated rings. The molecule has 2 aromatic carbocycles. The number of hydrogen-bond donors (Lipinski definition) is 2. The van der Waals surface area contributed by atoms with Crippen LogP contribution in [0.3, 0.4) is 0 Å². The van der Waals surface area contributed by atoms with Crippen molar-refractivity contribution in [3.63, 3.8) is 0 Å². The van der Waals surface area contributed by atoms with Gasteiger partial charge in [-0.3, -0.25) is 4.79 Å². The summed E-state index contributed by atoms with van der Waals surface area (Å²) in [7, 11) is 0. The van der Waals surface area contributed by atoms with E-state index in [-0.39, 0.29) is 24.5 Å². The Hall–Kier alpha value is -3.33. The van der Waals surface area contributed by atoms with E-state index in [2.05, 4.69) is 15.4 Å². The highest BCUT2D eigenvalue weighted by molar-refractivity contribution is 5.67. The summed E-state index contributed by atoms with van der Waals surface area (Å²) in [6, 6.07) is 13.6. The lowest BCUT2D eigenvalue weighted by molar-refractivity contribution is -0.137. The first kappa shape index (κ1) is 19.4. The van der Waals surface area contributed by atoms with Crippen LogP contribution >= 0.6 is 0 Å². The number of halogens is 1. The number of carbonyl (C=O) groups is 1. The van der Waals surface area contributed by atoms with Crippen LogP contribution in [-0.2, 0) is 17.8 Å². The number of tetrazole rings is 1. The topological polar surface area (TPSA) is 116 Å². The van der Waals surface area contributed by atoms with Gasteiger partial charge in [-0.25, -0.2) is 4.39 Å². The number of ether oxygens (including phenoxy) is 1. The number of benzene rings is 2. The lowest BCUT2D eigenvalue weighted by Crippen LogP contribution is -2.30. The highest BCUT2D eigenvalue weighted by Gasteiger charge is 2.14. The molecule has 3 N–H and O–H groups in total. The summed E-state index contributed by atoms with van der Waals surface area (Å²) < 4.78 is 19.8. The molecule has 28 heavy (non-hydrogen) atoms. The molecule has 0 amide bonds. The van der Waals surface area contributed by atoms with E-state index in [1.165, 1.54) is 16.9 Å². The Morgan fingerprint density at radius 1 is 1.25 bits per heavy atom. The molecular weight excluding hydrogens is 365 g/mol. The highest BCUT2D eigenvalue weighted by atomic mass is 19.1. The number of nitrogens with zero attached hydrogens (tertiary/aromatic N) is 4. The van der Waals surface area contributed by atoms with E-state index < -0.39 is 17.8 Å². The Morgan fingerprint density at radius 3 is 2.75 bits per heavy atom. The molecule has 0 bridgehead atoms. The minimum Gasteiger partial charge on any atom is -0.490 e. The molecule has 0 aliphatic heterocycles. The van der Waals surface area contributed by atoms with E-state index in [9.17, 15) is 9.18 Å². The van der Waals surface area contributed by atoms with Crippen molar-refractivity contribution >= 4 is 5.97 Å². The second-order valence-corrected chi connectivity index (χ2v) is 6.26. The van der Waals surface area contributed by atoms with Crippen LogP contribution in [0.25, 0.3) is 11.4 Å². The fourth-order valence-electron chi connectivity index (χ4n) is 2.62. The van der Waals surface area contributed by atoms with Crippen LogP contribution in [0, 0.1) is 5.82 Å². The largest absolute Gasteiger partial charge is 0.490 e. The summed E-state index contributed by atoms with van der Waals surface area (Å²) in [4.78, 5) is 11.9. The van der Waals surface area contributed by atoms with Crippen LogP contribution in [0.2, 0.25) is 0 Å². The van der Waals surface area contributed by atoms with Gasteiger partial charge in [-0.2, -0.15) is 4.80 Å². The Kier molecular flexibility index (Phi) is 6.28. The Labute approximate surface area is 160 Å². The number of aromatic nitrogens is 4. The zero-order valence-electron chi connectivity index (χ0n) is 15.0. The fraction of sp³-hybridized carbons (Fsp3) is 0.263. The Morgan fingerprint density at radius 2 is 2.04 bits per heavy atom. The molecule has 3 aromatic rings. The Balaban J connectivity index is 1.60. The minimum absolute atomic E-state index is 0.0997. The molecule has 146 valence electrons.